The smallest absolute Gasteiger partial charge is 0.222 e. The number of carbonyl (C=O) groups is 1. The molecule has 3 heterocycles. The lowest BCUT2D eigenvalue weighted by atomic mass is 9.90. The molecule has 1 unspecified atom stereocenters. The van der Waals surface area contributed by atoms with Crippen LogP contribution in [-0.2, 0) is 16.1 Å². The molecule has 1 aliphatic heterocycles. The number of pyridine rings is 1. The number of benzene rings is 1. The number of amidine groups is 1. The number of methoxy groups -OCH3 is 1. The zero-order chi connectivity index (χ0) is 26.5. The molecule has 0 aliphatic carbocycles. The Morgan fingerprint density at radius 1 is 1.24 bits per heavy atom. The van der Waals surface area contributed by atoms with E-state index in [9.17, 15) is 9.18 Å². The topological polar surface area (TPSA) is 128 Å². The number of aryl methyl sites for hydroxylation is 1. The summed E-state index contributed by atoms with van der Waals surface area (Å²) in [5.74, 6) is 0.664. The Hall–Kier alpha value is -4.28. The fourth-order valence-corrected chi connectivity index (χ4v) is 4.21. The van der Waals surface area contributed by atoms with Crippen LogP contribution in [-0.4, -0.2) is 59.4 Å². The molecule has 0 fully saturated rings. The molecule has 10 nitrogen and oxygen atoms in total. The van der Waals surface area contributed by atoms with Gasteiger partial charge in [-0.2, -0.15) is 0 Å². The number of rotatable bonds is 8. The van der Waals surface area contributed by atoms with Gasteiger partial charge in [0.1, 0.15) is 12.4 Å². The number of hydrogen-bond acceptors (Lipinski definition) is 8. The predicted molar refractivity (Wildman–Crippen MR) is 137 cm³/mol. The first-order chi connectivity index (χ1) is 17.8. The van der Waals surface area contributed by atoms with Crippen molar-refractivity contribution in [3.8, 4) is 17.1 Å². The first-order valence-corrected chi connectivity index (χ1v) is 11.9. The second kappa shape index (κ2) is 11.2. The number of carbonyl (C=O) groups excluding carboxylic acids is 1. The van der Waals surface area contributed by atoms with Crippen molar-refractivity contribution in [1.82, 2.24) is 25.2 Å². The second-order valence-corrected chi connectivity index (χ2v) is 8.85. The lowest BCUT2D eigenvalue weighted by Crippen LogP contribution is -2.38. The van der Waals surface area contributed by atoms with Gasteiger partial charge in [-0.3, -0.25) is 4.79 Å². The number of oxime groups is 1. The quantitative estimate of drug-likeness (QED) is 0.352. The van der Waals surface area contributed by atoms with Crippen LogP contribution in [0.3, 0.4) is 0 Å². The van der Waals surface area contributed by atoms with Gasteiger partial charge in [-0.25, -0.2) is 19.3 Å². The average Bonchev–Trinajstić information content (AvgIpc) is 2.87. The van der Waals surface area contributed by atoms with Crippen LogP contribution in [0.2, 0.25) is 0 Å². The fourth-order valence-electron chi connectivity index (χ4n) is 4.21. The zero-order valence-corrected chi connectivity index (χ0v) is 21.3. The SMILES string of the molecule is COc1cccc(-c2cc(F)ccc2C2Cc3nc(N)nc(C)c3/C(=N/OCCCC(=O)N(C)C)N2)n1. The third kappa shape index (κ3) is 5.93. The number of aromatic nitrogens is 3. The van der Waals surface area contributed by atoms with Gasteiger partial charge in [0.2, 0.25) is 17.7 Å². The Bertz CT molecular complexity index is 1330. The van der Waals surface area contributed by atoms with Crippen LogP contribution in [0.25, 0.3) is 11.3 Å². The van der Waals surface area contributed by atoms with Crippen molar-refractivity contribution in [3.05, 3.63) is 64.7 Å². The Labute approximate surface area is 214 Å². The van der Waals surface area contributed by atoms with Crippen molar-refractivity contribution in [3.63, 3.8) is 0 Å². The third-order valence-corrected chi connectivity index (χ3v) is 6.01. The molecule has 11 heteroatoms. The van der Waals surface area contributed by atoms with Crippen LogP contribution in [0.1, 0.15) is 41.4 Å². The molecule has 0 saturated carbocycles. The highest BCUT2D eigenvalue weighted by atomic mass is 19.1. The Morgan fingerprint density at radius 2 is 2.05 bits per heavy atom. The molecule has 1 atom stereocenters. The number of anilines is 1. The second-order valence-electron chi connectivity index (χ2n) is 8.85. The number of nitrogens with one attached hydrogen (secondary N) is 1. The average molecular weight is 508 g/mol. The van der Waals surface area contributed by atoms with E-state index in [1.54, 1.807) is 38.4 Å². The molecular formula is C26H30FN7O3. The summed E-state index contributed by atoms with van der Waals surface area (Å²) in [5.41, 5.74) is 10.0. The van der Waals surface area contributed by atoms with Crippen LogP contribution >= 0.6 is 0 Å². The van der Waals surface area contributed by atoms with Crippen LogP contribution in [0, 0.1) is 12.7 Å². The van der Waals surface area contributed by atoms with E-state index in [1.807, 2.05) is 6.92 Å². The lowest BCUT2D eigenvalue weighted by molar-refractivity contribution is -0.129. The van der Waals surface area contributed by atoms with E-state index in [1.165, 1.54) is 24.1 Å². The van der Waals surface area contributed by atoms with Gasteiger partial charge in [0.05, 0.1) is 35.8 Å². The summed E-state index contributed by atoms with van der Waals surface area (Å²) in [4.78, 5) is 32.2. The molecule has 3 aromatic rings. The summed E-state index contributed by atoms with van der Waals surface area (Å²) in [5, 5.41) is 7.74. The number of ether oxygens (including phenoxy) is 1. The van der Waals surface area contributed by atoms with Gasteiger partial charge < -0.3 is 25.5 Å². The number of fused-ring (bicyclic) bond motifs is 1. The molecule has 0 bridgehead atoms. The van der Waals surface area contributed by atoms with Crippen molar-refractivity contribution in [2.24, 2.45) is 5.16 Å². The molecule has 194 valence electrons. The van der Waals surface area contributed by atoms with E-state index in [4.69, 9.17) is 15.3 Å². The van der Waals surface area contributed by atoms with E-state index in [0.717, 1.165) is 5.56 Å². The maximum atomic E-state index is 14.4. The predicted octanol–water partition coefficient (Wildman–Crippen LogP) is 3.01. The van der Waals surface area contributed by atoms with Gasteiger partial charge in [0, 0.05) is 38.6 Å². The summed E-state index contributed by atoms with van der Waals surface area (Å²) in [7, 11) is 4.96. The van der Waals surface area contributed by atoms with Crippen LogP contribution in [0.15, 0.2) is 41.6 Å². The van der Waals surface area contributed by atoms with Crippen LogP contribution in [0.5, 0.6) is 5.88 Å². The monoisotopic (exact) mass is 507 g/mol. The first kappa shape index (κ1) is 25.8. The first-order valence-electron chi connectivity index (χ1n) is 11.9. The fraction of sp³-hybridized carbons (Fsp3) is 0.346. The molecule has 2 aromatic heterocycles. The minimum atomic E-state index is -0.383. The highest BCUT2D eigenvalue weighted by molar-refractivity contribution is 6.01. The highest BCUT2D eigenvalue weighted by Crippen LogP contribution is 2.34. The molecule has 4 rings (SSSR count). The molecule has 1 aromatic carbocycles. The van der Waals surface area contributed by atoms with E-state index >= 15 is 0 Å². The molecule has 1 aliphatic rings. The number of nitrogens with two attached hydrogens (primary N) is 1. The molecule has 0 saturated heterocycles. The maximum Gasteiger partial charge on any atom is 0.222 e. The van der Waals surface area contributed by atoms with Gasteiger partial charge in [-0.1, -0.05) is 17.3 Å². The molecule has 3 N–H and O–H groups in total. The van der Waals surface area contributed by atoms with Crippen molar-refractivity contribution in [2.75, 3.05) is 33.5 Å². The largest absolute Gasteiger partial charge is 0.481 e. The van der Waals surface area contributed by atoms with E-state index in [2.05, 4.69) is 25.4 Å². The van der Waals surface area contributed by atoms with E-state index in [0.29, 0.717) is 59.2 Å². The Morgan fingerprint density at radius 3 is 2.81 bits per heavy atom. The van der Waals surface area contributed by atoms with E-state index in [-0.39, 0.29) is 30.3 Å². The molecule has 0 spiro atoms. The van der Waals surface area contributed by atoms with Crippen molar-refractivity contribution in [1.29, 1.82) is 0 Å². The molecular weight excluding hydrogens is 477 g/mol. The molecule has 0 radical (unpaired) electrons. The van der Waals surface area contributed by atoms with Crippen LogP contribution < -0.4 is 15.8 Å². The normalized spacial score (nSPS) is 15.6. The number of halogens is 1. The Balaban J connectivity index is 1.67. The third-order valence-electron chi connectivity index (χ3n) is 6.01. The van der Waals surface area contributed by atoms with Crippen LogP contribution in [0.4, 0.5) is 10.3 Å². The van der Waals surface area contributed by atoms with Crippen molar-refractivity contribution >= 4 is 17.7 Å². The van der Waals surface area contributed by atoms with Crippen molar-refractivity contribution in [2.45, 2.75) is 32.2 Å². The van der Waals surface area contributed by atoms with Gasteiger partial charge in [-0.15, -0.1) is 0 Å². The van der Waals surface area contributed by atoms with Gasteiger partial charge in [-0.05, 0) is 37.1 Å². The minimum Gasteiger partial charge on any atom is -0.481 e. The summed E-state index contributed by atoms with van der Waals surface area (Å²) in [6.45, 7) is 2.09. The summed E-state index contributed by atoms with van der Waals surface area (Å²) < 4.78 is 19.6. The lowest BCUT2D eigenvalue weighted by Gasteiger charge is -2.29. The number of nitrogens with zero attached hydrogens (tertiary/aromatic N) is 5. The highest BCUT2D eigenvalue weighted by Gasteiger charge is 2.30. The van der Waals surface area contributed by atoms with Gasteiger partial charge in [0.15, 0.2) is 5.84 Å². The molecule has 37 heavy (non-hydrogen) atoms. The standard InChI is InChI=1S/C26H30FN7O3/c1-15-24-21(32-26(28)29-15)14-20(31-25(24)33-37-12-6-9-23(35)34(2)3)17-11-10-16(27)13-18(17)19-7-5-8-22(30-19)36-4/h5,7-8,10-11,13,20H,6,9,12,14H2,1-4H3,(H,31,33)(H2,28,29,32). The maximum absolute atomic E-state index is 14.4. The Kier molecular flexibility index (Phi) is 7.80. The summed E-state index contributed by atoms with van der Waals surface area (Å²) >= 11 is 0. The van der Waals surface area contributed by atoms with Crippen molar-refractivity contribution < 1.29 is 18.8 Å². The summed E-state index contributed by atoms with van der Waals surface area (Å²) in [6, 6.07) is 9.58. The number of amides is 1. The number of hydrogen-bond donors (Lipinski definition) is 2. The van der Waals surface area contributed by atoms with Gasteiger partial charge in [0.25, 0.3) is 0 Å². The minimum absolute atomic E-state index is 0.0205. The summed E-state index contributed by atoms with van der Waals surface area (Å²) in [6.07, 6.45) is 1.34. The molecule has 1 amide bonds. The van der Waals surface area contributed by atoms with E-state index < -0.39 is 0 Å². The zero-order valence-electron chi connectivity index (χ0n) is 21.3. The van der Waals surface area contributed by atoms with Gasteiger partial charge >= 0.3 is 0 Å². The number of nitrogen functional groups attached to an aromatic ring is 1.